The Hall–Kier alpha value is -3.55. The van der Waals surface area contributed by atoms with Crippen LogP contribution in [0.15, 0.2) is 48.8 Å². The Bertz CT molecular complexity index is 1140. The van der Waals surface area contributed by atoms with Crippen LogP contribution in [0.4, 0.5) is 5.82 Å². The van der Waals surface area contributed by atoms with Gasteiger partial charge in [-0.1, -0.05) is 30.3 Å². The molecular formula is C25H28N6O2. The van der Waals surface area contributed by atoms with E-state index in [1.165, 1.54) is 0 Å². The summed E-state index contributed by atoms with van der Waals surface area (Å²) >= 11 is 0. The van der Waals surface area contributed by atoms with Gasteiger partial charge in [-0.3, -0.25) is 19.2 Å². The predicted octanol–water partition coefficient (Wildman–Crippen LogP) is 2.87. The minimum absolute atomic E-state index is 0.0827. The van der Waals surface area contributed by atoms with Crippen LogP contribution in [0.25, 0.3) is 0 Å². The van der Waals surface area contributed by atoms with Gasteiger partial charge in [-0.05, 0) is 37.8 Å². The minimum atomic E-state index is 0.0827. The molecule has 8 heteroatoms. The molecule has 4 heterocycles. The number of carbonyl (C=O) groups is 2. The minimum Gasteiger partial charge on any atom is -0.341 e. The lowest BCUT2D eigenvalue weighted by Gasteiger charge is -2.33. The van der Waals surface area contributed by atoms with Gasteiger partial charge < -0.3 is 4.90 Å². The zero-order chi connectivity index (χ0) is 22.8. The van der Waals surface area contributed by atoms with Gasteiger partial charge in [0.25, 0.3) is 0 Å². The first kappa shape index (κ1) is 21.3. The molecule has 2 amide bonds. The van der Waals surface area contributed by atoms with E-state index >= 15 is 0 Å². The van der Waals surface area contributed by atoms with Gasteiger partial charge in [0.15, 0.2) is 0 Å². The van der Waals surface area contributed by atoms with E-state index in [-0.39, 0.29) is 24.3 Å². The molecule has 0 bridgehead atoms. The fourth-order valence-corrected chi connectivity index (χ4v) is 4.73. The molecule has 5 rings (SSSR count). The zero-order valence-corrected chi connectivity index (χ0v) is 18.9. The molecule has 2 aromatic heterocycles. The number of nitrogens with zero attached hydrogens (tertiary/aromatic N) is 6. The summed E-state index contributed by atoms with van der Waals surface area (Å²) in [4.78, 5) is 38.9. The topological polar surface area (TPSA) is 84.2 Å². The summed E-state index contributed by atoms with van der Waals surface area (Å²) in [7, 11) is 0. The number of amides is 2. The Morgan fingerprint density at radius 1 is 1.06 bits per heavy atom. The number of benzene rings is 1. The number of piperidine rings is 1. The largest absolute Gasteiger partial charge is 0.341 e. The second-order valence-electron chi connectivity index (χ2n) is 8.79. The lowest BCUT2D eigenvalue weighted by Crippen LogP contribution is -2.40. The van der Waals surface area contributed by atoms with Crippen LogP contribution in [0.3, 0.4) is 0 Å². The molecule has 0 aliphatic carbocycles. The Morgan fingerprint density at radius 2 is 1.85 bits per heavy atom. The average Bonchev–Trinajstić information content (AvgIpc) is 3.34. The summed E-state index contributed by atoms with van der Waals surface area (Å²) in [6, 6.07) is 11.8. The lowest BCUT2D eigenvalue weighted by atomic mass is 9.94. The van der Waals surface area contributed by atoms with Crippen molar-refractivity contribution in [2.24, 2.45) is 0 Å². The van der Waals surface area contributed by atoms with Crippen LogP contribution in [-0.4, -0.2) is 49.6 Å². The first-order valence-corrected chi connectivity index (χ1v) is 11.6. The third-order valence-electron chi connectivity index (χ3n) is 6.61. The van der Waals surface area contributed by atoms with E-state index in [0.717, 1.165) is 41.3 Å². The van der Waals surface area contributed by atoms with Crippen LogP contribution in [0, 0.1) is 6.92 Å². The van der Waals surface area contributed by atoms with Crippen molar-refractivity contribution in [3.05, 3.63) is 71.4 Å². The van der Waals surface area contributed by atoms with E-state index in [0.29, 0.717) is 32.5 Å². The average molecular weight is 445 g/mol. The standard InChI is InChI=1S/C25H28N6O2/c1-18-21-8-9-22(32)31(16-19-6-3-2-4-7-19)25(21)28-24(27-18)20-10-14-29(15-11-20)23(33)17-30-13-5-12-26-30/h2-7,12-13,20H,8-11,14-17H2,1H3. The molecule has 2 aliphatic heterocycles. The van der Waals surface area contributed by atoms with Gasteiger partial charge in [0, 0.05) is 49.1 Å². The van der Waals surface area contributed by atoms with E-state index in [1.807, 2.05) is 53.1 Å². The quantitative estimate of drug-likeness (QED) is 0.604. The van der Waals surface area contributed by atoms with Crippen molar-refractivity contribution in [1.82, 2.24) is 24.6 Å². The van der Waals surface area contributed by atoms with Crippen molar-refractivity contribution in [3.63, 3.8) is 0 Å². The van der Waals surface area contributed by atoms with Gasteiger partial charge in [-0.25, -0.2) is 9.97 Å². The molecule has 3 aromatic rings. The molecule has 0 radical (unpaired) electrons. The van der Waals surface area contributed by atoms with E-state index in [4.69, 9.17) is 9.97 Å². The van der Waals surface area contributed by atoms with Crippen molar-refractivity contribution >= 4 is 17.6 Å². The maximum absolute atomic E-state index is 12.8. The normalized spacial score (nSPS) is 16.7. The second-order valence-corrected chi connectivity index (χ2v) is 8.79. The highest BCUT2D eigenvalue weighted by atomic mass is 16.2. The Labute approximate surface area is 193 Å². The molecule has 33 heavy (non-hydrogen) atoms. The SMILES string of the molecule is Cc1nc(C2CCN(C(=O)Cn3cccn3)CC2)nc2c1CCC(=O)N2Cc1ccccc1. The van der Waals surface area contributed by atoms with Gasteiger partial charge in [-0.2, -0.15) is 5.10 Å². The van der Waals surface area contributed by atoms with Crippen LogP contribution < -0.4 is 4.90 Å². The van der Waals surface area contributed by atoms with E-state index in [2.05, 4.69) is 5.10 Å². The second kappa shape index (κ2) is 9.13. The molecular weight excluding hydrogens is 416 g/mol. The molecule has 1 fully saturated rings. The Morgan fingerprint density at radius 3 is 2.58 bits per heavy atom. The monoisotopic (exact) mass is 444 g/mol. The highest BCUT2D eigenvalue weighted by Gasteiger charge is 2.31. The Balaban J connectivity index is 1.32. The van der Waals surface area contributed by atoms with Crippen molar-refractivity contribution < 1.29 is 9.59 Å². The van der Waals surface area contributed by atoms with Crippen molar-refractivity contribution in [1.29, 1.82) is 0 Å². The summed E-state index contributed by atoms with van der Waals surface area (Å²) in [5, 5.41) is 4.12. The summed E-state index contributed by atoms with van der Waals surface area (Å²) in [5.74, 6) is 1.92. The molecule has 0 unspecified atom stereocenters. The van der Waals surface area contributed by atoms with Crippen LogP contribution >= 0.6 is 0 Å². The number of likely N-dealkylation sites (tertiary alicyclic amines) is 1. The number of hydrogen-bond donors (Lipinski definition) is 0. The summed E-state index contributed by atoms with van der Waals surface area (Å²) in [6.45, 7) is 4.16. The third kappa shape index (κ3) is 4.51. The van der Waals surface area contributed by atoms with Crippen molar-refractivity contribution in [2.45, 2.75) is 51.6 Å². The smallest absolute Gasteiger partial charge is 0.244 e. The van der Waals surface area contributed by atoms with Gasteiger partial charge in [0.1, 0.15) is 18.2 Å². The van der Waals surface area contributed by atoms with Crippen LogP contribution in [-0.2, 0) is 29.1 Å². The highest BCUT2D eigenvalue weighted by molar-refractivity contribution is 5.95. The number of anilines is 1. The predicted molar refractivity (Wildman–Crippen MR) is 124 cm³/mol. The molecule has 0 N–H and O–H groups in total. The van der Waals surface area contributed by atoms with Crippen LogP contribution in [0.1, 0.15) is 47.8 Å². The molecule has 170 valence electrons. The van der Waals surface area contributed by atoms with Crippen molar-refractivity contribution in [3.8, 4) is 0 Å². The molecule has 2 aliphatic rings. The van der Waals surface area contributed by atoms with Gasteiger partial charge >= 0.3 is 0 Å². The van der Waals surface area contributed by atoms with E-state index in [1.54, 1.807) is 17.1 Å². The van der Waals surface area contributed by atoms with Gasteiger partial charge in [-0.15, -0.1) is 0 Å². The fourth-order valence-electron chi connectivity index (χ4n) is 4.73. The zero-order valence-electron chi connectivity index (χ0n) is 18.9. The first-order valence-electron chi connectivity index (χ1n) is 11.6. The number of hydrogen-bond acceptors (Lipinski definition) is 5. The number of aryl methyl sites for hydroxylation is 1. The third-order valence-corrected chi connectivity index (χ3v) is 6.61. The molecule has 0 saturated carbocycles. The van der Waals surface area contributed by atoms with Crippen molar-refractivity contribution in [2.75, 3.05) is 18.0 Å². The number of fused-ring (bicyclic) bond motifs is 1. The fraction of sp³-hybridized carbons (Fsp3) is 0.400. The summed E-state index contributed by atoms with van der Waals surface area (Å²) < 4.78 is 1.66. The lowest BCUT2D eigenvalue weighted by molar-refractivity contribution is -0.133. The number of rotatable bonds is 5. The molecule has 1 aromatic carbocycles. The first-order chi connectivity index (χ1) is 16.1. The van der Waals surface area contributed by atoms with Gasteiger partial charge in [0.05, 0.1) is 6.54 Å². The molecule has 0 spiro atoms. The number of aromatic nitrogens is 4. The van der Waals surface area contributed by atoms with Gasteiger partial charge in [0.2, 0.25) is 11.8 Å². The van der Waals surface area contributed by atoms with Crippen LogP contribution in [0.2, 0.25) is 0 Å². The van der Waals surface area contributed by atoms with E-state index in [9.17, 15) is 9.59 Å². The maximum Gasteiger partial charge on any atom is 0.244 e. The van der Waals surface area contributed by atoms with E-state index < -0.39 is 0 Å². The Kier molecular flexibility index (Phi) is 5.90. The molecule has 1 saturated heterocycles. The molecule has 0 atom stereocenters. The highest BCUT2D eigenvalue weighted by Crippen LogP contribution is 2.33. The van der Waals surface area contributed by atoms with Crippen LogP contribution in [0.5, 0.6) is 0 Å². The molecule has 8 nitrogen and oxygen atoms in total. The summed E-state index contributed by atoms with van der Waals surface area (Å²) in [6.07, 6.45) is 6.29. The number of carbonyl (C=O) groups excluding carboxylic acids is 2. The summed E-state index contributed by atoms with van der Waals surface area (Å²) in [5.41, 5.74) is 3.11. The maximum atomic E-state index is 12.8.